The maximum absolute atomic E-state index is 13.8. The number of hydrogen-bond acceptors (Lipinski definition) is 7. The predicted octanol–water partition coefficient (Wildman–Crippen LogP) is 5.77. The molecule has 2 aromatic carbocycles. The summed E-state index contributed by atoms with van der Waals surface area (Å²) in [5.41, 5.74) is 4.23. The lowest BCUT2D eigenvalue weighted by molar-refractivity contribution is -0.140. The van der Waals surface area contributed by atoms with E-state index >= 15 is 0 Å². The smallest absolute Gasteiger partial charge is 0.336 e. The molecule has 1 N–H and O–H groups in total. The number of halogens is 2. The molecule has 0 unspecified atom stereocenters. The first-order valence-electron chi connectivity index (χ1n) is 12.2. The molecular formula is C28H27BrClNO6. The van der Waals surface area contributed by atoms with Crippen molar-refractivity contribution < 1.29 is 28.5 Å². The van der Waals surface area contributed by atoms with Crippen molar-refractivity contribution in [1.29, 1.82) is 0 Å². The van der Waals surface area contributed by atoms with Crippen molar-refractivity contribution in [2.24, 2.45) is 0 Å². The Bertz CT molecular complexity index is 1300. The number of nitrogens with one attached hydrogen (secondary N) is 1. The van der Waals surface area contributed by atoms with Crippen molar-refractivity contribution in [1.82, 2.24) is 5.32 Å². The van der Waals surface area contributed by atoms with E-state index in [1.807, 2.05) is 50.2 Å². The lowest BCUT2D eigenvalue weighted by Crippen LogP contribution is -2.36. The van der Waals surface area contributed by atoms with Gasteiger partial charge < -0.3 is 24.3 Å². The molecule has 1 aliphatic carbocycles. The SMILES string of the molecule is CCOCCOC(=O)C1=C(C)NC2=C(C(=O)C[C@@H](c3ccc(Cl)cc3)C2)[C@@H]1c1cc2c(cc1Br)OCO2. The molecule has 2 atom stereocenters. The maximum atomic E-state index is 13.8. The van der Waals surface area contributed by atoms with Gasteiger partial charge in [0.15, 0.2) is 17.3 Å². The number of ketones is 1. The first-order chi connectivity index (χ1) is 17.9. The molecule has 2 heterocycles. The van der Waals surface area contributed by atoms with Gasteiger partial charge in [-0.3, -0.25) is 4.79 Å². The number of carbonyl (C=O) groups is 2. The van der Waals surface area contributed by atoms with Crippen LogP contribution in [0, 0.1) is 0 Å². The van der Waals surface area contributed by atoms with Gasteiger partial charge in [0.1, 0.15) is 6.61 Å². The first kappa shape index (κ1) is 25.8. The minimum absolute atomic E-state index is 0.00403. The zero-order chi connectivity index (χ0) is 26.1. The molecule has 2 aromatic rings. The summed E-state index contributed by atoms with van der Waals surface area (Å²) in [5, 5.41) is 4.03. The van der Waals surface area contributed by atoms with Gasteiger partial charge in [-0.05, 0) is 61.6 Å². The topological polar surface area (TPSA) is 83.1 Å². The Morgan fingerprint density at radius 2 is 1.86 bits per heavy atom. The second kappa shape index (κ2) is 10.9. The lowest BCUT2D eigenvalue weighted by atomic mass is 9.71. The number of dihydropyridines is 1. The van der Waals surface area contributed by atoms with E-state index in [-0.39, 0.29) is 25.1 Å². The highest BCUT2D eigenvalue weighted by Crippen LogP contribution is 2.49. The fourth-order valence-electron chi connectivity index (χ4n) is 5.16. The first-order valence-corrected chi connectivity index (χ1v) is 13.4. The second-order valence-corrected chi connectivity index (χ2v) is 10.4. The van der Waals surface area contributed by atoms with Crippen LogP contribution in [0.5, 0.6) is 11.5 Å². The Kier molecular flexibility index (Phi) is 7.60. The summed E-state index contributed by atoms with van der Waals surface area (Å²) in [7, 11) is 0. The van der Waals surface area contributed by atoms with E-state index < -0.39 is 11.9 Å². The summed E-state index contributed by atoms with van der Waals surface area (Å²) in [6.45, 7) is 4.80. The predicted molar refractivity (Wildman–Crippen MR) is 142 cm³/mol. The number of carbonyl (C=O) groups excluding carboxylic acids is 2. The van der Waals surface area contributed by atoms with Gasteiger partial charge >= 0.3 is 5.97 Å². The Morgan fingerprint density at radius 3 is 2.59 bits per heavy atom. The summed E-state index contributed by atoms with van der Waals surface area (Å²) in [6, 6.07) is 11.3. The zero-order valence-corrected chi connectivity index (χ0v) is 22.9. The molecule has 0 fully saturated rings. The molecule has 2 aliphatic heterocycles. The highest BCUT2D eigenvalue weighted by Gasteiger charge is 2.42. The third-order valence-electron chi connectivity index (χ3n) is 6.86. The average Bonchev–Trinajstić information content (AvgIpc) is 3.32. The van der Waals surface area contributed by atoms with Crippen LogP contribution in [-0.2, 0) is 19.1 Å². The Balaban J connectivity index is 1.56. The van der Waals surface area contributed by atoms with Crippen LogP contribution in [-0.4, -0.2) is 38.4 Å². The summed E-state index contributed by atoms with van der Waals surface area (Å²) in [4.78, 5) is 27.2. The van der Waals surface area contributed by atoms with E-state index in [2.05, 4.69) is 21.2 Å². The van der Waals surface area contributed by atoms with Crippen LogP contribution in [0.3, 0.4) is 0 Å². The number of benzene rings is 2. The third kappa shape index (κ3) is 5.15. The Labute approximate surface area is 228 Å². The molecule has 0 amide bonds. The minimum atomic E-state index is -0.626. The van der Waals surface area contributed by atoms with Crippen molar-refractivity contribution in [3.05, 3.63) is 79.6 Å². The Hall–Kier alpha value is -2.81. The number of ether oxygens (including phenoxy) is 4. The van der Waals surface area contributed by atoms with Gasteiger partial charge in [0, 0.05) is 45.4 Å². The summed E-state index contributed by atoms with van der Waals surface area (Å²) in [5.74, 6) is 0.0533. The summed E-state index contributed by atoms with van der Waals surface area (Å²) >= 11 is 9.73. The average molecular weight is 589 g/mol. The van der Waals surface area contributed by atoms with Gasteiger partial charge in [-0.1, -0.05) is 39.7 Å². The number of allylic oxidation sites excluding steroid dienone is 3. The van der Waals surface area contributed by atoms with Crippen molar-refractivity contribution in [3.8, 4) is 11.5 Å². The molecular weight excluding hydrogens is 562 g/mol. The molecule has 0 aromatic heterocycles. The third-order valence-corrected chi connectivity index (χ3v) is 7.80. The van der Waals surface area contributed by atoms with Crippen LogP contribution in [0.2, 0.25) is 5.02 Å². The summed E-state index contributed by atoms with van der Waals surface area (Å²) < 4.78 is 22.8. The number of fused-ring (bicyclic) bond motifs is 1. The van der Waals surface area contributed by atoms with Gasteiger partial charge in [-0.15, -0.1) is 0 Å². The largest absolute Gasteiger partial charge is 0.460 e. The van der Waals surface area contributed by atoms with E-state index in [1.165, 1.54) is 0 Å². The fourth-order valence-corrected chi connectivity index (χ4v) is 5.84. The monoisotopic (exact) mass is 587 g/mol. The van der Waals surface area contributed by atoms with Crippen molar-refractivity contribution in [3.63, 3.8) is 0 Å². The molecule has 0 saturated heterocycles. The molecule has 194 valence electrons. The van der Waals surface area contributed by atoms with Crippen LogP contribution < -0.4 is 14.8 Å². The molecule has 3 aliphatic rings. The van der Waals surface area contributed by atoms with Gasteiger partial charge in [0.05, 0.1) is 12.2 Å². The summed E-state index contributed by atoms with van der Waals surface area (Å²) in [6.07, 6.45) is 0.956. The van der Waals surface area contributed by atoms with Crippen molar-refractivity contribution in [2.45, 2.75) is 38.5 Å². The standard InChI is InChI=1S/C28H27BrClNO6/c1-3-34-8-9-35-28(33)25-15(2)31-21-10-17(16-4-6-18(30)7-5-16)11-22(32)27(21)26(25)19-12-23-24(13-20(19)29)37-14-36-23/h4-7,12-13,17,26,31H,3,8-11,14H2,1-2H3/t17-,26+/m0/s1. The van der Waals surface area contributed by atoms with Gasteiger partial charge in [-0.2, -0.15) is 0 Å². The van der Waals surface area contributed by atoms with Crippen LogP contribution in [0.15, 0.2) is 63.4 Å². The number of Topliss-reactive ketones (excluding diaryl/α,β-unsaturated/α-hetero) is 1. The van der Waals surface area contributed by atoms with E-state index in [4.69, 9.17) is 30.5 Å². The molecule has 0 radical (unpaired) electrons. The molecule has 37 heavy (non-hydrogen) atoms. The van der Waals surface area contributed by atoms with Crippen molar-refractivity contribution >= 4 is 39.3 Å². The molecule has 0 saturated carbocycles. The molecule has 5 rings (SSSR count). The van der Waals surface area contributed by atoms with Gasteiger partial charge in [0.2, 0.25) is 6.79 Å². The van der Waals surface area contributed by atoms with Gasteiger partial charge in [0.25, 0.3) is 0 Å². The van der Waals surface area contributed by atoms with E-state index in [0.717, 1.165) is 21.3 Å². The highest BCUT2D eigenvalue weighted by atomic mass is 79.9. The fraction of sp³-hybridized carbons (Fsp3) is 0.357. The highest BCUT2D eigenvalue weighted by molar-refractivity contribution is 9.10. The zero-order valence-electron chi connectivity index (χ0n) is 20.6. The molecule has 7 nitrogen and oxygen atoms in total. The minimum Gasteiger partial charge on any atom is -0.460 e. The molecule has 9 heteroatoms. The van der Waals surface area contributed by atoms with Crippen molar-refractivity contribution in [2.75, 3.05) is 26.6 Å². The van der Waals surface area contributed by atoms with Crippen LogP contribution in [0.4, 0.5) is 0 Å². The lowest BCUT2D eigenvalue weighted by Gasteiger charge is -2.37. The molecule has 0 spiro atoms. The van der Waals surface area contributed by atoms with Crippen LogP contribution >= 0.6 is 27.5 Å². The number of esters is 1. The normalized spacial score (nSPS) is 20.6. The van der Waals surface area contributed by atoms with Crippen LogP contribution in [0.25, 0.3) is 0 Å². The van der Waals surface area contributed by atoms with Crippen LogP contribution in [0.1, 0.15) is 49.7 Å². The number of rotatable bonds is 7. The maximum Gasteiger partial charge on any atom is 0.336 e. The van der Waals surface area contributed by atoms with E-state index in [1.54, 1.807) is 0 Å². The molecule has 0 bridgehead atoms. The Morgan fingerprint density at radius 1 is 1.14 bits per heavy atom. The van der Waals surface area contributed by atoms with E-state index in [9.17, 15) is 9.59 Å². The van der Waals surface area contributed by atoms with E-state index in [0.29, 0.717) is 59.4 Å². The quantitative estimate of drug-likeness (QED) is 0.325. The second-order valence-electron chi connectivity index (χ2n) is 9.13. The van der Waals surface area contributed by atoms with Gasteiger partial charge in [-0.25, -0.2) is 4.79 Å². The number of hydrogen-bond donors (Lipinski definition) is 1.